The van der Waals surface area contributed by atoms with E-state index >= 15 is 0 Å². The van der Waals surface area contributed by atoms with E-state index in [1.54, 1.807) is 12.3 Å². The number of imidazole rings is 1. The van der Waals surface area contributed by atoms with Gasteiger partial charge in [-0.2, -0.15) is 0 Å². The van der Waals surface area contributed by atoms with E-state index in [1.165, 1.54) is 0 Å². The molecule has 1 amide bonds. The predicted octanol–water partition coefficient (Wildman–Crippen LogP) is 1.86. The Hall–Kier alpha value is -2.17. The van der Waals surface area contributed by atoms with Gasteiger partial charge in [-0.1, -0.05) is 6.07 Å². The maximum Gasteiger partial charge on any atom is 0.229 e. The van der Waals surface area contributed by atoms with Crippen molar-refractivity contribution in [2.75, 3.05) is 5.32 Å². The lowest BCUT2D eigenvalue weighted by Gasteiger charge is -2.20. The number of aryl methyl sites for hydroxylation is 2. The third-order valence-electron chi connectivity index (χ3n) is 3.45. The lowest BCUT2D eigenvalue weighted by Crippen LogP contribution is -2.28. The monoisotopic (exact) mass is 256 g/mol. The van der Waals surface area contributed by atoms with Crippen molar-refractivity contribution in [3.8, 4) is 0 Å². The number of anilines is 1. The van der Waals surface area contributed by atoms with Crippen LogP contribution in [0, 0.1) is 12.8 Å². The number of hydrogen-bond acceptors (Lipinski definition) is 3. The van der Waals surface area contributed by atoms with Crippen molar-refractivity contribution >= 4 is 11.7 Å². The molecule has 0 fully saturated rings. The first-order valence-corrected chi connectivity index (χ1v) is 6.48. The van der Waals surface area contributed by atoms with Gasteiger partial charge in [-0.3, -0.25) is 4.79 Å². The molecule has 0 aliphatic heterocycles. The van der Waals surface area contributed by atoms with Crippen LogP contribution >= 0.6 is 0 Å². The van der Waals surface area contributed by atoms with E-state index in [4.69, 9.17) is 0 Å². The van der Waals surface area contributed by atoms with E-state index in [0.29, 0.717) is 5.82 Å². The lowest BCUT2D eigenvalue weighted by atomic mass is 9.89. The number of pyridine rings is 1. The van der Waals surface area contributed by atoms with E-state index in [0.717, 1.165) is 36.5 Å². The fourth-order valence-corrected chi connectivity index (χ4v) is 2.51. The van der Waals surface area contributed by atoms with Crippen LogP contribution in [0.5, 0.6) is 0 Å². The molecule has 3 rings (SSSR count). The third-order valence-corrected chi connectivity index (χ3v) is 3.45. The molecular formula is C14H16N4O. The van der Waals surface area contributed by atoms with Gasteiger partial charge in [0.05, 0.1) is 5.69 Å². The summed E-state index contributed by atoms with van der Waals surface area (Å²) in [6.07, 6.45) is 4.11. The number of aromatic amines is 1. The Bertz CT molecular complexity index is 591. The minimum atomic E-state index is -0.00523. The smallest absolute Gasteiger partial charge is 0.229 e. The molecule has 19 heavy (non-hydrogen) atoms. The van der Waals surface area contributed by atoms with E-state index in [1.807, 2.05) is 19.1 Å². The minimum Gasteiger partial charge on any atom is -0.346 e. The summed E-state index contributed by atoms with van der Waals surface area (Å²) in [4.78, 5) is 24.0. The van der Waals surface area contributed by atoms with Crippen LogP contribution in [0.2, 0.25) is 0 Å². The molecule has 2 heterocycles. The van der Waals surface area contributed by atoms with Gasteiger partial charge in [0.2, 0.25) is 5.91 Å². The number of nitrogens with one attached hydrogen (secondary N) is 2. The van der Waals surface area contributed by atoms with Crippen LogP contribution in [0.3, 0.4) is 0 Å². The summed E-state index contributed by atoms with van der Waals surface area (Å²) in [6.45, 7) is 1.95. The standard InChI is InChI=1S/C14H16N4O/c1-9-16-11-6-5-10(8-12(11)17-9)14(19)18-13-4-2-3-7-15-13/h2-4,7,10H,5-6,8H2,1H3,(H,16,17)(H,15,18,19). The number of fused-ring (bicyclic) bond motifs is 1. The number of aromatic nitrogens is 3. The summed E-state index contributed by atoms with van der Waals surface area (Å²) in [5.74, 6) is 1.57. The summed E-state index contributed by atoms with van der Waals surface area (Å²) in [7, 11) is 0. The van der Waals surface area contributed by atoms with Gasteiger partial charge in [0.15, 0.2) is 0 Å². The van der Waals surface area contributed by atoms with Crippen molar-refractivity contribution in [3.05, 3.63) is 41.6 Å². The summed E-state index contributed by atoms with van der Waals surface area (Å²) in [5.41, 5.74) is 2.21. The summed E-state index contributed by atoms with van der Waals surface area (Å²) < 4.78 is 0. The number of hydrogen-bond donors (Lipinski definition) is 2. The second kappa shape index (κ2) is 4.84. The molecule has 1 unspecified atom stereocenters. The second-order valence-corrected chi connectivity index (χ2v) is 4.89. The highest BCUT2D eigenvalue weighted by molar-refractivity contribution is 5.91. The molecule has 2 aromatic rings. The number of nitrogens with zero attached hydrogens (tertiary/aromatic N) is 2. The van der Waals surface area contributed by atoms with Gasteiger partial charge >= 0.3 is 0 Å². The largest absolute Gasteiger partial charge is 0.346 e. The number of carbonyl (C=O) groups excluding carboxylic acids is 1. The third kappa shape index (κ3) is 2.50. The highest BCUT2D eigenvalue weighted by Crippen LogP contribution is 2.24. The first-order valence-electron chi connectivity index (χ1n) is 6.48. The quantitative estimate of drug-likeness (QED) is 0.861. The number of carbonyl (C=O) groups is 1. The number of amides is 1. The molecule has 0 radical (unpaired) electrons. The molecule has 1 aliphatic rings. The Morgan fingerprint density at radius 2 is 2.37 bits per heavy atom. The molecule has 1 atom stereocenters. The van der Waals surface area contributed by atoms with Crippen molar-refractivity contribution in [1.82, 2.24) is 15.0 Å². The molecule has 0 aromatic carbocycles. The zero-order valence-corrected chi connectivity index (χ0v) is 10.8. The lowest BCUT2D eigenvalue weighted by molar-refractivity contribution is -0.120. The Morgan fingerprint density at radius 3 is 3.16 bits per heavy atom. The van der Waals surface area contributed by atoms with E-state index in [2.05, 4.69) is 20.3 Å². The predicted molar refractivity (Wildman–Crippen MR) is 71.7 cm³/mol. The van der Waals surface area contributed by atoms with Crippen LogP contribution in [0.25, 0.3) is 0 Å². The topological polar surface area (TPSA) is 70.7 Å². The Kier molecular flexibility index (Phi) is 3.03. The fraction of sp³-hybridized carbons (Fsp3) is 0.357. The molecule has 0 spiro atoms. The van der Waals surface area contributed by atoms with Crippen LogP contribution in [0.15, 0.2) is 24.4 Å². The van der Waals surface area contributed by atoms with E-state index in [-0.39, 0.29) is 11.8 Å². The van der Waals surface area contributed by atoms with E-state index in [9.17, 15) is 4.79 Å². The van der Waals surface area contributed by atoms with Gasteiger partial charge in [0, 0.05) is 24.2 Å². The molecule has 1 aliphatic carbocycles. The molecular weight excluding hydrogens is 240 g/mol. The summed E-state index contributed by atoms with van der Waals surface area (Å²) >= 11 is 0. The van der Waals surface area contributed by atoms with Gasteiger partial charge in [0.25, 0.3) is 0 Å². The van der Waals surface area contributed by atoms with Gasteiger partial charge in [0.1, 0.15) is 11.6 Å². The van der Waals surface area contributed by atoms with Crippen molar-refractivity contribution in [2.45, 2.75) is 26.2 Å². The fourth-order valence-electron chi connectivity index (χ4n) is 2.51. The Labute approximate surface area is 111 Å². The van der Waals surface area contributed by atoms with Gasteiger partial charge < -0.3 is 10.3 Å². The van der Waals surface area contributed by atoms with Crippen LogP contribution in [0.4, 0.5) is 5.82 Å². The highest BCUT2D eigenvalue weighted by Gasteiger charge is 2.26. The SMILES string of the molecule is Cc1nc2c([nH]1)CC(C(=O)Nc1ccccn1)CC2. The highest BCUT2D eigenvalue weighted by atomic mass is 16.1. The maximum atomic E-state index is 12.2. The maximum absolute atomic E-state index is 12.2. The zero-order chi connectivity index (χ0) is 13.2. The second-order valence-electron chi connectivity index (χ2n) is 4.89. The van der Waals surface area contributed by atoms with Crippen molar-refractivity contribution in [2.24, 2.45) is 5.92 Å². The average Bonchev–Trinajstić information content (AvgIpc) is 2.78. The average molecular weight is 256 g/mol. The normalized spacial score (nSPS) is 17.8. The van der Waals surface area contributed by atoms with Gasteiger partial charge in [-0.05, 0) is 31.9 Å². The summed E-state index contributed by atoms with van der Waals surface area (Å²) in [6, 6.07) is 5.49. The molecule has 2 aromatic heterocycles. The van der Waals surface area contributed by atoms with Crippen molar-refractivity contribution in [1.29, 1.82) is 0 Å². The van der Waals surface area contributed by atoms with E-state index < -0.39 is 0 Å². The first-order chi connectivity index (χ1) is 9.22. The van der Waals surface area contributed by atoms with Crippen LogP contribution in [-0.2, 0) is 17.6 Å². The van der Waals surface area contributed by atoms with Crippen molar-refractivity contribution < 1.29 is 4.79 Å². The Balaban J connectivity index is 1.69. The molecule has 0 saturated heterocycles. The molecule has 98 valence electrons. The molecule has 0 bridgehead atoms. The molecule has 5 nitrogen and oxygen atoms in total. The first kappa shape index (κ1) is 11.9. The van der Waals surface area contributed by atoms with Gasteiger partial charge in [-0.15, -0.1) is 0 Å². The number of rotatable bonds is 2. The molecule has 5 heteroatoms. The molecule has 2 N–H and O–H groups in total. The Morgan fingerprint density at radius 1 is 1.47 bits per heavy atom. The van der Waals surface area contributed by atoms with Crippen LogP contribution < -0.4 is 5.32 Å². The number of H-pyrrole nitrogens is 1. The van der Waals surface area contributed by atoms with Crippen molar-refractivity contribution in [3.63, 3.8) is 0 Å². The van der Waals surface area contributed by atoms with Gasteiger partial charge in [-0.25, -0.2) is 9.97 Å². The van der Waals surface area contributed by atoms with Crippen LogP contribution in [-0.4, -0.2) is 20.9 Å². The van der Waals surface area contributed by atoms with Crippen LogP contribution in [0.1, 0.15) is 23.6 Å². The minimum absolute atomic E-state index is 0.00523. The summed E-state index contributed by atoms with van der Waals surface area (Å²) in [5, 5.41) is 2.86. The zero-order valence-electron chi connectivity index (χ0n) is 10.8. The molecule has 0 saturated carbocycles.